The number of aliphatic hydroxyl groups excluding tert-OH is 1. The molecule has 0 radical (unpaired) electrons. The van der Waals surface area contributed by atoms with Crippen LogP contribution >= 0.6 is 30.9 Å². The minimum Gasteiger partial charge on any atom is -0.396 e. The lowest BCUT2D eigenvalue weighted by molar-refractivity contribution is 0.226. The zero-order chi connectivity index (χ0) is 14.7. The summed E-state index contributed by atoms with van der Waals surface area (Å²) in [5.74, 6) is 0.541. The van der Waals surface area contributed by atoms with Crippen molar-refractivity contribution in [2.45, 2.75) is 19.4 Å². The van der Waals surface area contributed by atoms with Crippen molar-refractivity contribution in [1.29, 1.82) is 5.26 Å². The van der Waals surface area contributed by atoms with Crippen LogP contribution in [0.4, 0.5) is 0 Å². The number of nitrogens with one attached hydrogen (secondary N) is 1. The van der Waals surface area contributed by atoms with Crippen LogP contribution < -0.4 is 5.09 Å². The zero-order valence-electron chi connectivity index (χ0n) is 10.9. The number of alkyl halides is 2. The van der Waals surface area contributed by atoms with Crippen molar-refractivity contribution < 1.29 is 14.2 Å². The van der Waals surface area contributed by atoms with Gasteiger partial charge in [0.05, 0.1) is 6.07 Å². The summed E-state index contributed by atoms with van der Waals surface area (Å²) in [6, 6.07) is 1.87. The minimum atomic E-state index is -3.38. The maximum atomic E-state index is 12.8. The highest BCUT2D eigenvalue weighted by atomic mass is 35.5. The molecule has 0 fully saturated rings. The average Bonchev–Trinajstić information content (AvgIpc) is 2.38. The highest BCUT2D eigenvalue weighted by Gasteiger charge is 2.32. The molecule has 19 heavy (non-hydrogen) atoms. The van der Waals surface area contributed by atoms with E-state index >= 15 is 0 Å². The van der Waals surface area contributed by atoms with Gasteiger partial charge in [0.15, 0.2) is 6.10 Å². The van der Waals surface area contributed by atoms with E-state index in [4.69, 9.17) is 38.1 Å². The first kappa shape index (κ1) is 19.1. The predicted octanol–water partition coefficient (Wildman–Crippen LogP) is 1.77. The second-order valence-electron chi connectivity index (χ2n) is 3.71. The molecule has 0 bridgehead atoms. The lowest BCUT2D eigenvalue weighted by Crippen LogP contribution is -2.34. The summed E-state index contributed by atoms with van der Waals surface area (Å²) in [6.45, 7) is 2.46. The Bertz CT molecular complexity index is 322. The Hall–Kier alpha value is 0.140. The Morgan fingerprint density at radius 2 is 2.05 bits per heavy atom. The molecule has 0 aliphatic heterocycles. The van der Waals surface area contributed by atoms with E-state index in [0.29, 0.717) is 26.1 Å². The van der Waals surface area contributed by atoms with Gasteiger partial charge < -0.3 is 5.11 Å². The molecule has 0 aromatic heterocycles. The van der Waals surface area contributed by atoms with Gasteiger partial charge >= 0.3 is 7.67 Å². The molecule has 0 spiro atoms. The maximum absolute atomic E-state index is 12.8. The minimum absolute atomic E-state index is 0.0220. The van der Waals surface area contributed by atoms with Gasteiger partial charge in [-0.1, -0.05) is 0 Å². The third-order valence-electron chi connectivity index (χ3n) is 2.19. The second-order valence-corrected chi connectivity index (χ2v) is 6.60. The van der Waals surface area contributed by atoms with Gasteiger partial charge in [0.2, 0.25) is 0 Å². The number of hydrogen-bond donors (Lipinski definition) is 2. The van der Waals surface area contributed by atoms with Gasteiger partial charge in [-0.3, -0.25) is 9.09 Å². The quantitative estimate of drug-likeness (QED) is 0.341. The normalized spacial score (nSPS) is 16.0. The second kappa shape index (κ2) is 10.9. The predicted molar refractivity (Wildman–Crippen MR) is 76.5 cm³/mol. The number of hydrogen-bond acceptors (Lipinski definition) is 4. The van der Waals surface area contributed by atoms with Gasteiger partial charge in [-0.05, 0) is 13.3 Å². The van der Waals surface area contributed by atoms with Crippen molar-refractivity contribution in [3.05, 3.63) is 0 Å². The fraction of sp³-hybridized carbons (Fsp3) is 0.900. The van der Waals surface area contributed by atoms with E-state index in [2.05, 4.69) is 5.09 Å². The van der Waals surface area contributed by atoms with Gasteiger partial charge in [0.1, 0.15) is 0 Å². The summed E-state index contributed by atoms with van der Waals surface area (Å²) < 4.78 is 19.6. The Labute approximate surface area is 124 Å². The summed E-state index contributed by atoms with van der Waals surface area (Å²) >= 11 is 11.4. The highest BCUT2D eigenvalue weighted by molar-refractivity contribution is 7.54. The van der Waals surface area contributed by atoms with Crippen LogP contribution in [0, 0.1) is 11.3 Å². The van der Waals surface area contributed by atoms with Crippen molar-refractivity contribution in [3.8, 4) is 6.07 Å². The van der Waals surface area contributed by atoms with Crippen molar-refractivity contribution in [2.24, 2.45) is 0 Å². The number of nitriles is 1. The molecule has 2 atom stereocenters. The molecule has 0 aromatic rings. The zero-order valence-corrected chi connectivity index (χ0v) is 13.3. The number of halogens is 2. The average molecular weight is 332 g/mol. The topological polar surface area (TPSA) is 85.6 Å². The number of nitrogens with zero attached hydrogens (tertiary/aromatic N) is 2. The van der Waals surface area contributed by atoms with E-state index in [1.165, 1.54) is 11.6 Å². The molecular weight excluding hydrogens is 312 g/mol. The summed E-state index contributed by atoms with van der Waals surface area (Å²) in [5, 5.41) is 20.3. The molecule has 112 valence electrons. The lowest BCUT2D eigenvalue weighted by atomic mass is 10.5. The SMILES string of the molecule is CC(C#N)OP(=O)(NCCCO)N(CCCl)CCCl. The third-order valence-corrected chi connectivity index (χ3v) is 4.89. The molecule has 0 amide bonds. The molecule has 9 heteroatoms. The van der Waals surface area contributed by atoms with E-state index in [9.17, 15) is 4.57 Å². The third kappa shape index (κ3) is 7.48. The molecular formula is C10H20Cl2N3O3P. The Balaban J connectivity index is 4.87. The first-order valence-corrected chi connectivity index (χ1v) is 8.60. The molecule has 6 nitrogen and oxygen atoms in total. The van der Waals surface area contributed by atoms with Crippen molar-refractivity contribution in [2.75, 3.05) is 38.0 Å². The lowest BCUT2D eigenvalue weighted by Gasteiger charge is -2.31. The van der Waals surface area contributed by atoms with Gasteiger partial charge in [-0.15, -0.1) is 23.2 Å². The largest absolute Gasteiger partial charge is 0.396 e. The van der Waals surface area contributed by atoms with Crippen LogP contribution in [0.25, 0.3) is 0 Å². The van der Waals surface area contributed by atoms with Crippen LogP contribution in [0.3, 0.4) is 0 Å². The van der Waals surface area contributed by atoms with Gasteiger partial charge in [0.25, 0.3) is 0 Å². The fourth-order valence-electron chi connectivity index (χ4n) is 1.31. The molecule has 0 aromatic carbocycles. The Kier molecular flexibility index (Phi) is 11.0. The molecule has 0 saturated heterocycles. The van der Waals surface area contributed by atoms with Crippen LogP contribution in [0.1, 0.15) is 13.3 Å². The van der Waals surface area contributed by atoms with Crippen LogP contribution in [0.15, 0.2) is 0 Å². The fourth-order valence-corrected chi connectivity index (χ4v) is 4.01. The van der Waals surface area contributed by atoms with E-state index in [-0.39, 0.29) is 18.4 Å². The van der Waals surface area contributed by atoms with Crippen LogP contribution in [0.5, 0.6) is 0 Å². The highest BCUT2D eigenvalue weighted by Crippen LogP contribution is 2.47. The summed E-state index contributed by atoms with van der Waals surface area (Å²) in [5.41, 5.74) is 0. The van der Waals surface area contributed by atoms with E-state index in [1.807, 2.05) is 6.07 Å². The van der Waals surface area contributed by atoms with Crippen LogP contribution in [-0.4, -0.2) is 53.9 Å². The summed E-state index contributed by atoms with van der Waals surface area (Å²) in [7, 11) is -3.38. The summed E-state index contributed by atoms with van der Waals surface area (Å²) in [6.07, 6.45) is -0.384. The van der Waals surface area contributed by atoms with Crippen LogP contribution in [-0.2, 0) is 9.09 Å². The molecule has 0 aliphatic rings. The monoisotopic (exact) mass is 331 g/mol. The van der Waals surface area contributed by atoms with Crippen LogP contribution in [0.2, 0.25) is 0 Å². The van der Waals surface area contributed by atoms with Gasteiger partial charge in [0, 0.05) is 38.0 Å². The number of aliphatic hydroxyl groups is 1. The van der Waals surface area contributed by atoms with Gasteiger partial charge in [-0.2, -0.15) is 5.26 Å². The smallest absolute Gasteiger partial charge is 0.344 e. The standard InChI is InChI=1S/C10H20Cl2N3O3P/c1-10(9-13)18-19(17,14-5-2-8-16)15(6-3-11)7-4-12/h10,16H,2-8H2,1H3,(H,14,17). The Morgan fingerprint density at radius 3 is 2.47 bits per heavy atom. The molecule has 0 heterocycles. The molecule has 2 unspecified atom stereocenters. The van der Waals surface area contributed by atoms with E-state index in [0.717, 1.165) is 0 Å². The first-order valence-electron chi connectivity index (χ1n) is 5.95. The molecule has 0 saturated carbocycles. The molecule has 0 aliphatic carbocycles. The molecule has 2 N–H and O–H groups in total. The molecule has 0 rings (SSSR count). The van der Waals surface area contributed by atoms with E-state index < -0.39 is 13.8 Å². The number of rotatable bonds is 11. The van der Waals surface area contributed by atoms with Gasteiger partial charge in [-0.25, -0.2) is 9.76 Å². The van der Waals surface area contributed by atoms with Crippen molar-refractivity contribution in [3.63, 3.8) is 0 Å². The Morgan fingerprint density at radius 1 is 1.47 bits per heavy atom. The first-order chi connectivity index (χ1) is 9.03. The van der Waals surface area contributed by atoms with Crippen molar-refractivity contribution in [1.82, 2.24) is 9.76 Å². The summed E-state index contributed by atoms with van der Waals surface area (Å²) in [4.78, 5) is 0. The maximum Gasteiger partial charge on any atom is 0.344 e. The van der Waals surface area contributed by atoms with Crippen molar-refractivity contribution >= 4 is 30.9 Å². The van der Waals surface area contributed by atoms with E-state index in [1.54, 1.807) is 0 Å².